The number of amides is 1. The van der Waals surface area contributed by atoms with Gasteiger partial charge in [0, 0.05) is 6.42 Å². The second-order valence-electron chi connectivity index (χ2n) is 4.82. The minimum atomic E-state index is -0.140. The van der Waals surface area contributed by atoms with Gasteiger partial charge in [-0.25, -0.2) is 4.68 Å². The van der Waals surface area contributed by atoms with Crippen molar-refractivity contribution < 1.29 is 4.79 Å². The van der Waals surface area contributed by atoms with E-state index in [9.17, 15) is 4.79 Å². The number of aryl methyl sites for hydroxylation is 1. The van der Waals surface area contributed by atoms with Crippen molar-refractivity contribution in [2.24, 2.45) is 0 Å². The standard InChI is InChI=1S/C13H15N5O/c19-12(6-9-18-10-14-16-17-18)15-13(7-8-13)11-4-2-1-3-5-11/h1-5,10H,6-9H2,(H,15,19). The van der Waals surface area contributed by atoms with Crippen LogP contribution in [-0.2, 0) is 16.9 Å². The first-order chi connectivity index (χ1) is 9.28. The van der Waals surface area contributed by atoms with Crippen molar-refractivity contribution in [2.75, 3.05) is 0 Å². The van der Waals surface area contributed by atoms with E-state index in [1.807, 2.05) is 18.2 Å². The zero-order valence-electron chi connectivity index (χ0n) is 10.5. The van der Waals surface area contributed by atoms with Crippen LogP contribution in [0, 0.1) is 0 Å². The first-order valence-corrected chi connectivity index (χ1v) is 6.36. The van der Waals surface area contributed by atoms with Gasteiger partial charge in [0.2, 0.25) is 5.91 Å². The molecular weight excluding hydrogens is 242 g/mol. The van der Waals surface area contributed by atoms with Crippen molar-refractivity contribution in [3.8, 4) is 0 Å². The number of carbonyl (C=O) groups excluding carboxylic acids is 1. The molecule has 1 heterocycles. The first-order valence-electron chi connectivity index (χ1n) is 6.36. The normalized spacial score (nSPS) is 16.0. The van der Waals surface area contributed by atoms with E-state index in [4.69, 9.17) is 0 Å². The molecule has 0 spiro atoms. The predicted molar refractivity (Wildman–Crippen MR) is 67.9 cm³/mol. The highest BCUT2D eigenvalue weighted by atomic mass is 16.1. The smallest absolute Gasteiger partial charge is 0.222 e. The highest BCUT2D eigenvalue weighted by molar-refractivity contribution is 5.77. The average molecular weight is 257 g/mol. The quantitative estimate of drug-likeness (QED) is 0.862. The summed E-state index contributed by atoms with van der Waals surface area (Å²) < 4.78 is 1.56. The van der Waals surface area contributed by atoms with Gasteiger partial charge in [-0.3, -0.25) is 4.79 Å². The molecule has 1 aliphatic carbocycles. The van der Waals surface area contributed by atoms with Gasteiger partial charge in [0.05, 0.1) is 12.1 Å². The molecule has 1 amide bonds. The van der Waals surface area contributed by atoms with Crippen molar-refractivity contribution >= 4 is 5.91 Å². The number of carbonyl (C=O) groups is 1. The van der Waals surface area contributed by atoms with Crippen LogP contribution in [0.2, 0.25) is 0 Å². The van der Waals surface area contributed by atoms with E-state index >= 15 is 0 Å². The molecule has 6 nitrogen and oxygen atoms in total. The Kier molecular flexibility index (Phi) is 2.98. The Labute approximate surface area is 110 Å². The van der Waals surface area contributed by atoms with Gasteiger partial charge in [-0.05, 0) is 28.8 Å². The fourth-order valence-electron chi connectivity index (χ4n) is 2.20. The van der Waals surface area contributed by atoms with Crippen LogP contribution in [0.3, 0.4) is 0 Å². The Morgan fingerprint density at radius 3 is 2.74 bits per heavy atom. The number of hydrogen-bond donors (Lipinski definition) is 1. The van der Waals surface area contributed by atoms with Crippen LogP contribution in [-0.4, -0.2) is 26.1 Å². The molecule has 2 aromatic rings. The fraction of sp³-hybridized carbons (Fsp3) is 0.385. The van der Waals surface area contributed by atoms with Crippen LogP contribution in [0.15, 0.2) is 36.7 Å². The maximum absolute atomic E-state index is 12.0. The van der Waals surface area contributed by atoms with E-state index in [0.29, 0.717) is 13.0 Å². The summed E-state index contributed by atoms with van der Waals surface area (Å²) in [6.07, 6.45) is 3.91. The van der Waals surface area contributed by atoms with Crippen LogP contribution in [0.4, 0.5) is 0 Å². The van der Waals surface area contributed by atoms with Crippen molar-refractivity contribution in [3.63, 3.8) is 0 Å². The Balaban J connectivity index is 1.58. The highest BCUT2D eigenvalue weighted by Crippen LogP contribution is 2.45. The molecule has 0 aliphatic heterocycles. The van der Waals surface area contributed by atoms with Crippen molar-refractivity contribution in [3.05, 3.63) is 42.2 Å². The number of hydrogen-bond acceptors (Lipinski definition) is 4. The molecule has 1 saturated carbocycles. The number of rotatable bonds is 5. The Morgan fingerprint density at radius 1 is 1.32 bits per heavy atom. The Morgan fingerprint density at radius 2 is 2.11 bits per heavy atom. The number of aromatic nitrogens is 4. The molecule has 1 aliphatic rings. The molecule has 0 radical (unpaired) electrons. The molecule has 19 heavy (non-hydrogen) atoms. The van der Waals surface area contributed by atoms with Crippen LogP contribution in [0.1, 0.15) is 24.8 Å². The summed E-state index contributed by atoms with van der Waals surface area (Å²) in [6, 6.07) is 10.1. The molecule has 3 rings (SSSR count). The van der Waals surface area contributed by atoms with Gasteiger partial charge < -0.3 is 5.32 Å². The summed E-state index contributed by atoms with van der Waals surface area (Å²) in [7, 11) is 0. The summed E-state index contributed by atoms with van der Waals surface area (Å²) in [6.45, 7) is 0.504. The second-order valence-corrected chi connectivity index (χ2v) is 4.82. The van der Waals surface area contributed by atoms with Crippen LogP contribution < -0.4 is 5.32 Å². The van der Waals surface area contributed by atoms with Crippen LogP contribution in [0.25, 0.3) is 0 Å². The second kappa shape index (κ2) is 4.79. The maximum atomic E-state index is 12.0. The Hall–Kier alpha value is -2.24. The highest BCUT2D eigenvalue weighted by Gasteiger charge is 2.45. The third-order valence-electron chi connectivity index (χ3n) is 3.41. The molecule has 0 bridgehead atoms. The fourth-order valence-corrected chi connectivity index (χ4v) is 2.20. The molecule has 1 N–H and O–H groups in total. The zero-order valence-corrected chi connectivity index (χ0v) is 10.5. The first kappa shape index (κ1) is 11.8. The summed E-state index contributed by atoms with van der Waals surface area (Å²) in [5, 5.41) is 13.9. The number of tetrazole rings is 1. The number of nitrogens with one attached hydrogen (secondary N) is 1. The molecule has 0 saturated heterocycles. The third-order valence-corrected chi connectivity index (χ3v) is 3.41. The molecule has 1 aromatic heterocycles. The van der Waals surface area contributed by atoms with Gasteiger partial charge in [-0.15, -0.1) is 5.10 Å². The van der Waals surface area contributed by atoms with Crippen molar-refractivity contribution in [1.82, 2.24) is 25.5 Å². The van der Waals surface area contributed by atoms with Gasteiger partial charge in [0.15, 0.2) is 0 Å². The molecule has 0 unspecified atom stereocenters. The van der Waals surface area contributed by atoms with Gasteiger partial charge in [0.25, 0.3) is 0 Å². The number of benzene rings is 1. The monoisotopic (exact) mass is 257 g/mol. The van der Waals surface area contributed by atoms with E-state index in [1.165, 1.54) is 11.9 Å². The van der Waals surface area contributed by atoms with E-state index in [2.05, 4.69) is 33.0 Å². The van der Waals surface area contributed by atoms with Crippen molar-refractivity contribution in [1.29, 1.82) is 0 Å². The summed E-state index contributed by atoms with van der Waals surface area (Å²) in [5.41, 5.74) is 1.05. The van der Waals surface area contributed by atoms with Crippen molar-refractivity contribution in [2.45, 2.75) is 31.3 Å². The molecule has 98 valence electrons. The summed E-state index contributed by atoms with van der Waals surface area (Å²) in [5.74, 6) is 0.0388. The number of nitrogens with zero attached hydrogens (tertiary/aromatic N) is 4. The van der Waals surface area contributed by atoms with E-state index in [1.54, 1.807) is 4.68 Å². The molecule has 0 atom stereocenters. The minimum absolute atomic E-state index is 0.0388. The Bertz CT molecular complexity index is 548. The summed E-state index contributed by atoms with van der Waals surface area (Å²) >= 11 is 0. The van der Waals surface area contributed by atoms with E-state index in [-0.39, 0.29) is 11.4 Å². The lowest BCUT2D eigenvalue weighted by Gasteiger charge is -2.17. The SMILES string of the molecule is O=C(CCn1cnnn1)NC1(c2ccccc2)CC1. The molecular formula is C13H15N5O. The van der Waals surface area contributed by atoms with Gasteiger partial charge in [-0.1, -0.05) is 30.3 Å². The minimum Gasteiger partial charge on any atom is -0.347 e. The molecule has 1 aromatic carbocycles. The lowest BCUT2D eigenvalue weighted by molar-refractivity contribution is -0.122. The zero-order chi connectivity index (χ0) is 13.1. The third kappa shape index (κ3) is 2.62. The lowest BCUT2D eigenvalue weighted by Crippen LogP contribution is -2.35. The van der Waals surface area contributed by atoms with Crippen LogP contribution in [0.5, 0.6) is 0 Å². The van der Waals surface area contributed by atoms with Gasteiger partial charge >= 0.3 is 0 Å². The molecule has 6 heteroatoms. The van der Waals surface area contributed by atoms with Gasteiger partial charge in [0.1, 0.15) is 6.33 Å². The predicted octanol–water partition coefficient (Wildman–Crippen LogP) is 0.869. The largest absolute Gasteiger partial charge is 0.347 e. The topological polar surface area (TPSA) is 72.7 Å². The van der Waals surface area contributed by atoms with E-state index < -0.39 is 0 Å². The summed E-state index contributed by atoms with van der Waals surface area (Å²) in [4.78, 5) is 12.0. The molecule has 1 fully saturated rings. The lowest BCUT2D eigenvalue weighted by atomic mass is 10.0. The van der Waals surface area contributed by atoms with E-state index in [0.717, 1.165) is 12.8 Å². The van der Waals surface area contributed by atoms with Crippen LogP contribution >= 0.6 is 0 Å². The average Bonchev–Trinajstić information content (AvgIpc) is 3.03. The van der Waals surface area contributed by atoms with Gasteiger partial charge in [-0.2, -0.15) is 0 Å². The maximum Gasteiger partial charge on any atom is 0.222 e.